The van der Waals surface area contributed by atoms with E-state index in [0.717, 1.165) is 6.07 Å². The van der Waals surface area contributed by atoms with Gasteiger partial charge < -0.3 is 4.90 Å². The van der Waals surface area contributed by atoms with E-state index in [-0.39, 0.29) is 18.3 Å². The standard InChI is InChI=1S/C18H17F3N2O/c1-12-18(24)23(16-6-4-14(19)5-7-16)9-8-22(12)11-13-2-3-15(20)10-17(13)21/h2-7,10,12H,8-9,11H2,1H3/t12-/m0/s1. The van der Waals surface area contributed by atoms with Crippen molar-refractivity contribution in [2.45, 2.75) is 19.5 Å². The minimum Gasteiger partial charge on any atom is -0.310 e. The third-order valence-corrected chi connectivity index (χ3v) is 4.31. The lowest BCUT2D eigenvalue weighted by Gasteiger charge is -2.39. The van der Waals surface area contributed by atoms with Crippen LogP contribution in [0.4, 0.5) is 18.9 Å². The summed E-state index contributed by atoms with van der Waals surface area (Å²) in [6.45, 7) is 2.95. The number of anilines is 1. The molecule has 24 heavy (non-hydrogen) atoms. The molecular formula is C18H17F3N2O. The predicted octanol–water partition coefficient (Wildman–Crippen LogP) is 3.34. The van der Waals surface area contributed by atoms with Gasteiger partial charge >= 0.3 is 0 Å². The minimum absolute atomic E-state index is 0.129. The van der Waals surface area contributed by atoms with E-state index in [1.807, 2.05) is 4.90 Å². The molecule has 0 aliphatic carbocycles. The molecule has 2 aromatic rings. The lowest BCUT2D eigenvalue weighted by Crippen LogP contribution is -2.55. The molecule has 3 rings (SSSR count). The van der Waals surface area contributed by atoms with Crippen LogP contribution in [0.1, 0.15) is 12.5 Å². The SMILES string of the molecule is C[C@H]1C(=O)N(c2ccc(F)cc2)CCN1Cc1ccc(F)cc1F. The molecule has 0 spiro atoms. The summed E-state index contributed by atoms with van der Waals surface area (Å²) in [7, 11) is 0. The van der Waals surface area contributed by atoms with Gasteiger partial charge in [0.15, 0.2) is 0 Å². The van der Waals surface area contributed by atoms with Gasteiger partial charge in [-0.25, -0.2) is 13.2 Å². The Bertz CT molecular complexity index is 748. The second-order valence-corrected chi connectivity index (χ2v) is 5.85. The summed E-state index contributed by atoms with van der Waals surface area (Å²) in [5.74, 6) is -1.72. The molecule has 1 saturated heterocycles. The van der Waals surface area contributed by atoms with Crippen molar-refractivity contribution in [3.8, 4) is 0 Å². The topological polar surface area (TPSA) is 23.6 Å². The van der Waals surface area contributed by atoms with Gasteiger partial charge in [-0.3, -0.25) is 9.69 Å². The van der Waals surface area contributed by atoms with Crippen LogP contribution in [0.5, 0.6) is 0 Å². The molecule has 1 amide bonds. The summed E-state index contributed by atoms with van der Waals surface area (Å²) >= 11 is 0. The second-order valence-electron chi connectivity index (χ2n) is 5.85. The van der Waals surface area contributed by atoms with Crippen molar-refractivity contribution in [3.05, 3.63) is 65.5 Å². The van der Waals surface area contributed by atoms with E-state index in [1.54, 1.807) is 24.0 Å². The maximum Gasteiger partial charge on any atom is 0.244 e. The summed E-state index contributed by atoms with van der Waals surface area (Å²) in [5.41, 5.74) is 0.993. The van der Waals surface area contributed by atoms with E-state index in [0.29, 0.717) is 24.3 Å². The molecule has 1 atom stereocenters. The van der Waals surface area contributed by atoms with Crippen LogP contribution in [0, 0.1) is 17.5 Å². The van der Waals surface area contributed by atoms with Crippen LogP contribution in [-0.2, 0) is 11.3 Å². The van der Waals surface area contributed by atoms with Gasteiger partial charge in [-0.05, 0) is 37.3 Å². The fourth-order valence-electron chi connectivity index (χ4n) is 2.88. The highest BCUT2D eigenvalue weighted by Crippen LogP contribution is 2.22. The van der Waals surface area contributed by atoms with Crippen LogP contribution < -0.4 is 4.90 Å². The number of halogens is 3. The second kappa shape index (κ2) is 6.65. The summed E-state index contributed by atoms with van der Waals surface area (Å²) in [4.78, 5) is 16.0. The zero-order chi connectivity index (χ0) is 17.3. The monoisotopic (exact) mass is 334 g/mol. The van der Waals surface area contributed by atoms with Gasteiger partial charge in [-0.15, -0.1) is 0 Å². The van der Waals surface area contributed by atoms with Gasteiger partial charge in [-0.1, -0.05) is 6.07 Å². The van der Waals surface area contributed by atoms with Crippen molar-refractivity contribution in [2.75, 3.05) is 18.0 Å². The molecule has 126 valence electrons. The largest absolute Gasteiger partial charge is 0.310 e. The highest BCUT2D eigenvalue weighted by molar-refractivity contribution is 5.97. The number of hydrogen-bond donors (Lipinski definition) is 0. The first kappa shape index (κ1) is 16.5. The van der Waals surface area contributed by atoms with Gasteiger partial charge in [0.1, 0.15) is 17.5 Å². The number of hydrogen-bond acceptors (Lipinski definition) is 2. The van der Waals surface area contributed by atoms with E-state index >= 15 is 0 Å². The average molecular weight is 334 g/mol. The van der Waals surface area contributed by atoms with Crippen molar-refractivity contribution < 1.29 is 18.0 Å². The number of carbonyl (C=O) groups is 1. The first-order chi connectivity index (χ1) is 11.5. The molecular weight excluding hydrogens is 317 g/mol. The van der Waals surface area contributed by atoms with Crippen molar-refractivity contribution in [3.63, 3.8) is 0 Å². The molecule has 0 N–H and O–H groups in total. The fourth-order valence-corrected chi connectivity index (χ4v) is 2.88. The maximum atomic E-state index is 13.8. The van der Waals surface area contributed by atoms with E-state index in [2.05, 4.69) is 0 Å². The zero-order valence-corrected chi connectivity index (χ0v) is 13.2. The lowest BCUT2D eigenvalue weighted by molar-refractivity contribution is -0.125. The van der Waals surface area contributed by atoms with Crippen molar-refractivity contribution in [1.29, 1.82) is 0 Å². The lowest BCUT2D eigenvalue weighted by atomic mass is 10.1. The molecule has 6 heteroatoms. The fraction of sp³-hybridized carbons (Fsp3) is 0.278. The molecule has 2 aromatic carbocycles. The molecule has 1 aliphatic heterocycles. The van der Waals surface area contributed by atoms with Gasteiger partial charge in [0, 0.05) is 37.0 Å². The number of carbonyl (C=O) groups excluding carboxylic acids is 1. The Hall–Kier alpha value is -2.34. The van der Waals surface area contributed by atoms with Gasteiger partial charge in [0.25, 0.3) is 0 Å². The Balaban J connectivity index is 1.73. The average Bonchev–Trinajstić information content (AvgIpc) is 2.55. The highest BCUT2D eigenvalue weighted by Gasteiger charge is 2.32. The Morgan fingerprint density at radius 2 is 1.67 bits per heavy atom. The molecule has 0 radical (unpaired) electrons. The number of nitrogens with zero attached hydrogens (tertiary/aromatic N) is 2. The van der Waals surface area contributed by atoms with E-state index in [4.69, 9.17) is 0 Å². The van der Waals surface area contributed by atoms with E-state index < -0.39 is 17.7 Å². The quantitative estimate of drug-likeness (QED) is 0.859. The van der Waals surface area contributed by atoms with Gasteiger partial charge in [0.05, 0.1) is 6.04 Å². The van der Waals surface area contributed by atoms with E-state index in [9.17, 15) is 18.0 Å². The van der Waals surface area contributed by atoms with Crippen molar-refractivity contribution in [2.24, 2.45) is 0 Å². The molecule has 3 nitrogen and oxygen atoms in total. The van der Waals surface area contributed by atoms with Crippen LogP contribution in [0.15, 0.2) is 42.5 Å². The molecule has 1 aliphatic rings. The number of rotatable bonds is 3. The normalized spacial score (nSPS) is 18.9. The Labute approximate surface area is 138 Å². The van der Waals surface area contributed by atoms with E-state index in [1.165, 1.54) is 24.3 Å². The third kappa shape index (κ3) is 3.28. The molecule has 0 bridgehead atoms. The Morgan fingerprint density at radius 1 is 1.00 bits per heavy atom. The van der Waals surface area contributed by atoms with Crippen molar-refractivity contribution >= 4 is 11.6 Å². The maximum absolute atomic E-state index is 13.8. The smallest absolute Gasteiger partial charge is 0.244 e. The third-order valence-electron chi connectivity index (χ3n) is 4.31. The molecule has 0 unspecified atom stereocenters. The van der Waals surface area contributed by atoms with Gasteiger partial charge in [-0.2, -0.15) is 0 Å². The molecule has 0 aromatic heterocycles. The predicted molar refractivity (Wildman–Crippen MR) is 85.0 cm³/mol. The first-order valence-corrected chi connectivity index (χ1v) is 7.70. The van der Waals surface area contributed by atoms with Crippen LogP contribution in [-0.4, -0.2) is 29.9 Å². The minimum atomic E-state index is -0.624. The highest BCUT2D eigenvalue weighted by atomic mass is 19.1. The first-order valence-electron chi connectivity index (χ1n) is 7.70. The summed E-state index contributed by atoms with van der Waals surface area (Å²) < 4.78 is 39.8. The number of benzene rings is 2. The number of amides is 1. The Morgan fingerprint density at radius 3 is 2.33 bits per heavy atom. The van der Waals surface area contributed by atoms with Crippen LogP contribution in [0.3, 0.4) is 0 Å². The van der Waals surface area contributed by atoms with Gasteiger partial charge in [0.2, 0.25) is 5.91 Å². The van der Waals surface area contributed by atoms with Crippen LogP contribution in [0.25, 0.3) is 0 Å². The molecule has 1 fully saturated rings. The Kier molecular flexibility index (Phi) is 4.57. The summed E-state index contributed by atoms with van der Waals surface area (Å²) in [5, 5.41) is 0. The van der Waals surface area contributed by atoms with Crippen molar-refractivity contribution in [1.82, 2.24) is 4.90 Å². The molecule has 0 saturated carbocycles. The van der Waals surface area contributed by atoms with Crippen LogP contribution in [0.2, 0.25) is 0 Å². The summed E-state index contributed by atoms with van der Waals surface area (Å²) in [6.07, 6.45) is 0. The molecule has 1 heterocycles. The zero-order valence-electron chi connectivity index (χ0n) is 13.2. The van der Waals surface area contributed by atoms with Crippen LogP contribution >= 0.6 is 0 Å². The summed E-state index contributed by atoms with van der Waals surface area (Å²) in [6, 6.07) is 8.75. The number of piperazine rings is 1.